The molecule has 6 aromatic rings. The smallest absolute Gasteiger partial charge is 0.240 e. The lowest BCUT2D eigenvalue weighted by atomic mass is 10.1. The van der Waals surface area contributed by atoms with Crippen molar-refractivity contribution in [2.45, 2.75) is 58.3 Å². The number of nitrogens with zero attached hydrogens (tertiary/aromatic N) is 8. The van der Waals surface area contributed by atoms with Crippen LogP contribution in [0.5, 0.6) is 0 Å². The van der Waals surface area contributed by atoms with E-state index in [0.29, 0.717) is 18.8 Å². The Morgan fingerprint density at radius 1 is 1.12 bits per heavy atom. The summed E-state index contributed by atoms with van der Waals surface area (Å²) in [5.41, 5.74) is 11.5. The number of H-pyrrole nitrogens is 1. The first-order valence-corrected chi connectivity index (χ1v) is 17.3. The number of aromatic nitrogens is 9. The number of fused-ring (bicyclic) bond motifs is 2. The van der Waals surface area contributed by atoms with Gasteiger partial charge >= 0.3 is 0 Å². The molecular weight excluding hydrogens is 553 g/mol. The van der Waals surface area contributed by atoms with E-state index < -0.39 is 8.32 Å². The highest BCUT2D eigenvalue weighted by atomic mass is 32.1. The topological polar surface area (TPSA) is 138 Å². The lowest BCUT2D eigenvalue weighted by Gasteiger charge is -2.36. The molecule has 5 heterocycles. The van der Waals surface area contributed by atoms with Crippen LogP contribution in [0.25, 0.3) is 38.2 Å². The Morgan fingerprint density at radius 2 is 1.95 bits per heavy atom. The lowest BCUT2D eigenvalue weighted by molar-refractivity contribution is 0.268. The van der Waals surface area contributed by atoms with Crippen molar-refractivity contribution in [2.24, 2.45) is 0 Å². The van der Waals surface area contributed by atoms with Gasteiger partial charge < -0.3 is 10.2 Å². The van der Waals surface area contributed by atoms with Crippen molar-refractivity contribution in [3.05, 3.63) is 59.6 Å². The van der Waals surface area contributed by atoms with Crippen LogP contribution in [0.15, 0.2) is 49.1 Å². The van der Waals surface area contributed by atoms with Gasteiger partial charge in [-0.3, -0.25) is 9.78 Å². The molecule has 0 fully saturated rings. The highest BCUT2D eigenvalue weighted by molar-refractivity contribution is 7.14. The Labute approximate surface area is 242 Å². The standard InChI is InChI=1S/C28H34N10OSSi/c1-17(16-39-41(5,6)28(2,3)4)25-34-35-26(40-25)22-10-20(15-38-24(22)32-27(29)36-38)21-12-31-37(14-21)13-19-9-7-8-18-11-30-33-23(18)19/h7-12,14-15,17H,13,16H2,1-6H3,(H2,29,36)(H,30,33)/t17-/m0/s1. The summed E-state index contributed by atoms with van der Waals surface area (Å²) in [6.45, 7) is 14.6. The summed E-state index contributed by atoms with van der Waals surface area (Å²) in [7, 11) is -1.86. The van der Waals surface area contributed by atoms with E-state index in [4.69, 9.17) is 10.2 Å². The molecule has 0 radical (unpaired) electrons. The highest BCUT2D eigenvalue weighted by Crippen LogP contribution is 2.38. The monoisotopic (exact) mass is 586 g/mol. The van der Waals surface area contributed by atoms with Crippen LogP contribution in [0, 0.1) is 0 Å². The van der Waals surface area contributed by atoms with Crippen LogP contribution >= 0.6 is 11.3 Å². The number of nitrogen functional groups attached to an aromatic ring is 1. The fraction of sp³-hybridized carbons (Fsp3) is 0.357. The molecule has 3 N–H and O–H groups in total. The normalized spacial score (nSPS) is 13.4. The number of hydrogen-bond donors (Lipinski definition) is 2. The molecule has 0 aliphatic heterocycles. The summed E-state index contributed by atoms with van der Waals surface area (Å²) >= 11 is 1.55. The molecule has 0 unspecified atom stereocenters. The predicted molar refractivity (Wildman–Crippen MR) is 164 cm³/mol. The maximum atomic E-state index is 6.46. The van der Waals surface area contributed by atoms with Crippen molar-refractivity contribution in [3.63, 3.8) is 0 Å². The number of rotatable bonds is 8. The molecule has 212 valence electrons. The molecule has 11 nitrogen and oxygen atoms in total. The first-order valence-electron chi connectivity index (χ1n) is 13.6. The van der Waals surface area contributed by atoms with Gasteiger partial charge in [-0.25, -0.2) is 4.52 Å². The van der Waals surface area contributed by atoms with E-state index in [1.165, 1.54) is 0 Å². The van der Waals surface area contributed by atoms with E-state index in [9.17, 15) is 0 Å². The van der Waals surface area contributed by atoms with Gasteiger partial charge in [0.25, 0.3) is 0 Å². The third kappa shape index (κ3) is 5.27. The molecule has 41 heavy (non-hydrogen) atoms. The molecule has 5 aromatic heterocycles. The van der Waals surface area contributed by atoms with Gasteiger partial charge in [0.05, 0.1) is 30.0 Å². The third-order valence-corrected chi connectivity index (χ3v) is 13.6. The molecule has 6 rings (SSSR count). The second-order valence-corrected chi connectivity index (χ2v) is 17.8. The van der Waals surface area contributed by atoms with E-state index >= 15 is 0 Å². The molecule has 0 aliphatic rings. The molecular formula is C28H34N10OSSi. The Balaban J connectivity index is 1.29. The van der Waals surface area contributed by atoms with E-state index in [0.717, 1.165) is 43.2 Å². The molecule has 1 aromatic carbocycles. The van der Waals surface area contributed by atoms with E-state index in [2.05, 4.69) is 88.5 Å². The number of benzene rings is 1. The van der Waals surface area contributed by atoms with Gasteiger partial charge in [0.15, 0.2) is 19.0 Å². The number of pyridine rings is 1. The molecule has 0 aliphatic carbocycles. The van der Waals surface area contributed by atoms with Gasteiger partial charge in [0, 0.05) is 41.4 Å². The number of hydrogen-bond acceptors (Lipinski definition) is 9. The van der Waals surface area contributed by atoms with Crippen molar-refractivity contribution >= 4 is 42.2 Å². The summed E-state index contributed by atoms with van der Waals surface area (Å²) in [5.74, 6) is 0.322. The van der Waals surface area contributed by atoms with Gasteiger partial charge in [-0.1, -0.05) is 57.2 Å². The molecule has 0 saturated heterocycles. The summed E-state index contributed by atoms with van der Waals surface area (Å²) < 4.78 is 10.1. The number of aromatic amines is 1. The van der Waals surface area contributed by atoms with Crippen LogP contribution in [-0.2, 0) is 11.0 Å². The molecule has 0 spiro atoms. The van der Waals surface area contributed by atoms with Crippen LogP contribution in [0.2, 0.25) is 18.1 Å². The van der Waals surface area contributed by atoms with E-state index in [1.54, 1.807) is 15.9 Å². The van der Waals surface area contributed by atoms with Crippen LogP contribution in [0.1, 0.15) is 44.2 Å². The van der Waals surface area contributed by atoms with Crippen molar-refractivity contribution in [1.29, 1.82) is 0 Å². The average Bonchev–Trinajstić information content (AvgIpc) is 3.72. The van der Waals surface area contributed by atoms with Gasteiger partial charge in [0.1, 0.15) is 5.01 Å². The average molecular weight is 587 g/mol. The molecule has 1 atom stereocenters. The van der Waals surface area contributed by atoms with Crippen molar-refractivity contribution in [1.82, 2.24) is 44.8 Å². The number of anilines is 1. The Bertz CT molecular complexity index is 1840. The zero-order valence-corrected chi connectivity index (χ0v) is 25.9. The molecule has 0 saturated carbocycles. The van der Waals surface area contributed by atoms with Gasteiger partial charge in [-0.2, -0.15) is 15.2 Å². The summed E-state index contributed by atoms with van der Waals surface area (Å²) in [6, 6.07) is 8.21. The summed E-state index contributed by atoms with van der Waals surface area (Å²) in [5, 5.41) is 28.3. The number of nitrogens with one attached hydrogen (secondary N) is 1. The zero-order valence-electron chi connectivity index (χ0n) is 24.1. The fourth-order valence-electron chi connectivity index (χ4n) is 4.42. The SMILES string of the molecule is C[C@@H](CO[Si](C)(C)C(C)(C)C)c1nnc(-c2cc(-c3cnn(Cc4cccc5cn[nH]c45)c3)cn3nc(N)nc23)s1. The van der Waals surface area contributed by atoms with Crippen molar-refractivity contribution < 1.29 is 4.43 Å². The second-order valence-electron chi connectivity index (χ2n) is 12.0. The molecule has 0 bridgehead atoms. The fourth-order valence-corrected chi connectivity index (χ4v) is 6.41. The Hall–Kier alpha value is -3.94. The van der Waals surface area contributed by atoms with E-state index in [-0.39, 0.29) is 16.9 Å². The quantitative estimate of drug-likeness (QED) is 0.215. The van der Waals surface area contributed by atoms with E-state index in [1.807, 2.05) is 41.6 Å². The number of para-hydroxylation sites is 1. The van der Waals surface area contributed by atoms with Crippen LogP contribution in [0.4, 0.5) is 5.95 Å². The minimum Gasteiger partial charge on any atom is -0.416 e. The highest BCUT2D eigenvalue weighted by Gasteiger charge is 2.37. The third-order valence-electron chi connectivity index (χ3n) is 7.90. The van der Waals surface area contributed by atoms with Gasteiger partial charge in [-0.15, -0.1) is 15.3 Å². The predicted octanol–water partition coefficient (Wildman–Crippen LogP) is 5.74. The first-order chi connectivity index (χ1) is 19.5. The molecule has 0 amide bonds. The van der Waals surface area contributed by atoms with Crippen LogP contribution < -0.4 is 5.73 Å². The number of nitrogens with two attached hydrogens (primary N) is 1. The van der Waals surface area contributed by atoms with Gasteiger partial charge in [-0.05, 0) is 29.8 Å². The van der Waals surface area contributed by atoms with Crippen LogP contribution in [-0.4, -0.2) is 59.7 Å². The Kier molecular flexibility index (Phi) is 6.75. The minimum absolute atomic E-state index is 0.120. The van der Waals surface area contributed by atoms with Crippen molar-refractivity contribution in [3.8, 4) is 21.7 Å². The van der Waals surface area contributed by atoms with Crippen LogP contribution in [0.3, 0.4) is 0 Å². The maximum Gasteiger partial charge on any atom is 0.240 e. The Morgan fingerprint density at radius 3 is 2.76 bits per heavy atom. The largest absolute Gasteiger partial charge is 0.416 e. The zero-order chi connectivity index (χ0) is 28.9. The second kappa shape index (κ2) is 10.2. The summed E-state index contributed by atoms with van der Waals surface area (Å²) in [6.07, 6.45) is 7.61. The summed E-state index contributed by atoms with van der Waals surface area (Å²) in [4.78, 5) is 4.48. The minimum atomic E-state index is -1.86. The molecule has 13 heteroatoms. The van der Waals surface area contributed by atoms with Crippen molar-refractivity contribution in [2.75, 3.05) is 12.3 Å². The van der Waals surface area contributed by atoms with Gasteiger partial charge in [0.2, 0.25) is 5.95 Å². The first kappa shape index (κ1) is 27.2. The lowest BCUT2D eigenvalue weighted by Crippen LogP contribution is -2.41. The maximum absolute atomic E-state index is 6.46.